The van der Waals surface area contributed by atoms with E-state index < -0.39 is 0 Å². The first-order valence-corrected chi connectivity index (χ1v) is 13.1. The lowest BCUT2D eigenvalue weighted by Gasteiger charge is -2.32. The van der Waals surface area contributed by atoms with Crippen molar-refractivity contribution in [3.8, 4) is 11.3 Å². The number of nitrogens with zero attached hydrogens (tertiary/aromatic N) is 7. The van der Waals surface area contributed by atoms with Crippen molar-refractivity contribution in [3.05, 3.63) is 53.6 Å². The summed E-state index contributed by atoms with van der Waals surface area (Å²) in [6, 6.07) is 16.1. The number of likely N-dealkylation sites (N-methyl/N-ethyl adjacent to an activating group) is 1. The number of halogens is 1. The average molecular weight is 519 g/mol. The number of benzene rings is 2. The number of piperazine rings is 1. The van der Waals surface area contributed by atoms with E-state index >= 15 is 0 Å². The van der Waals surface area contributed by atoms with Crippen molar-refractivity contribution in [3.63, 3.8) is 0 Å². The first-order chi connectivity index (χ1) is 18.0. The Balaban J connectivity index is 1.37. The van der Waals surface area contributed by atoms with Gasteiger partial charge in [-0.15, -0.1) is 0 Å². The summed E-state index contributed by atoms with van der Waals surface area (Å²) in [6.07, 6.45) is 0. The summed E-state index contributed by atoms with van der Waals surface area (Å²) in [5.41, 5.74) is 3.89. The average Bonchev–Trinajstić information content (AvgIpc) is 3.26. The molecule has 1 N–H and O–H groups in total. The van der Waals surface area contributed by atoms with Gasteiger partial charge in [-0.25, -0.2) is 4.98 Å². The van der Waals surface area contributed by atoms with E-state index in [4.69, 9.17) is 31.4 Å². The van der Waals surface area contributed by atoms with Gasteiger partial charge in [0.1, 0.15) is 5.82 Å². The maximum absolute atomic E-state index is 6.08. The summed E-state index contributed by atoms with van der Waals surface area (Å²) >= 11 is 6.08. The number of anilines is 4. The number of aromatic nitrogens is 4. The second-order valence-electron chi connectivity index (χ2n) is 9.64. The van der Waals surface area contributed by atoms with E-state index in [0.29, 0.717) is 24.2 Å². The number of aryl methyl sites for hydroxylation is 1. The van der Waals surface area contributed by atoms with Crippen LogP contribution in [0.15, 0.2) is 48.5 Å². The highest BCUT2D eigenvalue weighted by atomic mass is 35.5. The van der Waals surface area contributed by atoms with Gasteiger partial charge in [0.15, 0.2) is 5.82 Å². The summed E-state index contributed by atoms with van der Waals surface area (Å²) in [4.78, 5) is 16.7. The van der Waals surface area contributed by atoms with Crippen LogP contribution in [-0.2, 0) is 11.8 Å². The third kappa shape index (κ3) is 5.07. The second-order valence-corrected chi connectivity index (χ2v) is 10.1. The molecule has 2 aliphatic heterocycles. The minimum absolute atomic E-state index is 0.670. The van der Waals surface area contributed by atoms with Crippen LogP contribution < -0.4 is 15.1 Å². The van der Waals surface area contributed by atoms with Crippen molar-refractivity contribution >= 4 is 45.8 Å². The molecule has 0 amide bonds. The number of morpholine rings is 1. The fourth-order valence-corrected chi connectivity index (χ4v) is 5.01. The molecule has 2 aliphatic rings. The molecule has 9 nitrogen and oxygen atoms in total. The number of hydrogen-bond acceptors (Lipinski definition) is 8. The van der Waals surface area contributed by atoms with E-state index in [1.54, 1.807) is 0 Å². The highest BCUT2D eigenvalue weighted by Gasteiger charge is 2.21. The van der Waals surface area contributed by atoms with Gasteiger partial charge in [-0.1, -0.05) is 17.7 Å². The Bertz CT molecular complexity index is 1390. The van der Waals surface area contributed by atoms with Crippen LogP contribution in [0.1, 0.15) is 0 Å². The molecule has 0 atom stereocenters. The molecule has 0 bridgehead atoms. The minimum atomic E-state index is 0.670. The molecule has 10 heteroatoms. The Hall–Kier alpha value is -3.40. The van der Waals surface area contributed by atoms with Crippen LogP contribution in [0.3, 0.4) is 0 Å². The molecule has 0 spiro atoms. The molecule has 0 saturated carbocycles. The lowest BCUT2D eigenvalue weighted by atomic mass is 10.1. The summed E-state index contributed by atoms with van der Waals surface area (Å²) < 4.78 is 7.53. The molecule has 4 heterocycles. The van der Waals surface area contributed by atoms with Gasteiger partial charge in [-0.05, 0) is 43.4 Å². The summed E-state index contributed by atoms with van der Waals surface area (Å²) in [5.74, 6) is 2.48. The Morgan fingerprint density at radius 2 is 1.59 bits per heavy atom. The monoisotopic (exact) mass is 518 g/mol. The Kier molecular flexibility index (Phi) is 6.58. The number of ether oxygens (including phenoxy) is 1. The fraction of sp³-hybridized carbons (Fsp3) is 0.370. The molecule has 2 saturated heterocycles. The molecule has 0 radical (unpaired) electrons. The van der Waals surface area contributed by atoms with E-state index in [1.165, 1.54) is 0 Å². The number of hydrogen-bond donors (Lipinski definition) is 1. The standard InChI is InChI=1S/C27H31ClN8O/c1-33-9-11-35(12-10-33)26-22-8-3-19(17-24(22)34(2)32-26)23-18-25(29-21-6-4-20(28)5-7-21)31-27(30-23)36-13-15-37-16-14-36/h3-8,17-18H,9-16H2,1-2H3,(H,29,30,31). The molecule has 0 unspecified atom stereocenters. The second kappa shape index (κ2) is 10.2. The molecular formula is C27H31ClN8O. The highest BCUT2D eigenvalue weighted by molar-refractivity contribution is 6.30. The van der Waals surface area contributed by atoms with Crippen molar-refractivity contribution in [2.75, 3.05) is 74.6 Å². The van der Waals surface area contributed by atoms with Crippen LogP contribution in [0.4, 0.5) is 23.3 Å². The van der Waals surface area contributed by atoms with Crippen LogP contribution >= 0.6 is 11.6 Å². The number of rotatable bonds is 5. The van der Waals surface area contributed by atoms with Gasteiger partial charge in [0.05, 0.1) is 24.4 Å². The minimum Gasteiger partial charge on any atom is -0.378 e. The van der Waals surface area contributed by atoms with Gasteiger partial charge in [0.25, 0.3) is 0 Å². The first kappa shape index (κ1) is 24.0. The van der Waals surface area contributed by atoms with Crippen molar-refractivity contribution < 1.29 is 4.74 Å². The molecule has 0 aliphatic carbocycles. The van der Waals surface area contributed by atoms with Crippen LogP contribution in [0.2, 0.25) is 5.02 Å². The van der Waals surface area contributed by atoms with E-state index in [1.807, 2.05) is 42.1 Å². The third-order valence-electron chi connectivity index (χ3n) is 7.06. The first-order valence-electron chi connectivity index (χ1n) is 12.7. The van der Waals surface area contributed by atoms with Gasteiger partial charge >= 0.3 is 0 Å². The predicted octanol–water partition coefficient (Wildman–Crippen LogP) is 4.02. The van der Waals surface area contributed by atoms with Crippen LogP contribution in [0.5, 0.6) is 0 Å². The zero-order valence-corrected chi connectivity index (χ0v) is 21.9. The SMILES string of the molecule is CN1CCN(c2nn(C)c3cc(-c4cc(Nc5ccc(Cl)cc5)nc(N5CCOCC5)n4)ccc23)CC1. The number of fused-ring (bicyclic) bond motifs is 1. The summed E-state index contributed by atoms with van der Waals surface area (Å²) in [5, 5.41) is 10.2. The Morgan fingerprint density at radius 1 is 0.838 bits per heavy atom. The van der Waals surface area contributed by atoms with Gasteiger partial charge in [0, 0.05) is 74.0 Å². The van der Waals surface area contributed by atoms with Gasteiger partial charge in [-0.3, -0.25) is 4.68 Å². The molecule has 2 fully saturated rings. The zero-order chi connectivity index (χ0) is 25.4. The van der Waals surface area contributed by atoms with Crippen LogP contribution in [0, 0.1) is 0 Å². The topological polar surface area (TPSA) is 74.6 Å². The smallest absolute Gasteiger partial charge is 0.228 e. The van der Waals surface area contributed by atoms with Crippen molar-refractivity contribution in [1.29, 1.82) is 0 Å². The van der Waals surface area contributed by atoms with Gasteiger partial charge in [-0.2, -0.15) is 10.1 Å². The van der Waals surface area contributed by atoms with Crippen molar-refractivity contribution in [1.82, 2.24) is 24.6 Å². The molecule has 192 valence electrons. The van der Waals surface area contributed by atoms with E-state index in [0.717, 1.165) is 78.8 Å². The largest absolute Gasteiger partial charge is 0.378 e. The maximum Gasteiger partial charge on any atom is 0.228 e. The Morgan fingerprint density at radius 3 is 2.35 bits per heavy atom. The summed E-state index contributed by atoms with van der Waals surface area (Å²) in [7, 11) is 4.18. The quantitative estimate of drug-likeness (QED) is 0.425. The van der Waals surface area contributed by atoms with Crippen molar-refractivity contribution in [2.45, 2.75) is 0 Å². The summed E-state index contributed by atoms with van der Waals surface area (Å²) in [6.45, 7) is 6.93. The maximum atomic E-state index is 6.08. The molecule has 4 aromatic rings. The molecular weight excluding hydrogens is 488 g/mol. The molecule has 37 heavy (non-hydrogen) atoms. The fourth-order valence-electron chi connectivity index (χ4n) is 4.88. The lowest BCUT2D eigenvalue weighted by Crippen LogP contribution is -2.44. The molecule has 2 aromatic heterocycles. The van der Waals surface area contributed by atoms with Gasteiger partial charge in [0.2, 0.25) is 5.95 Å². The Labute approximate surface area is 221 Å². The number of nitrogens with one attached hydrogen (secondary N) is 1. The molecule has 2 aromatic carbocycles. The van der Waals surface area contributed by atoms with E-state index in [-0.39, 0.29) is 0 Å². The van der Waals surface area contributed by atoms with Crippen LogP contribution in [-0.4, -0.2) is 84.2 Å². The lowest BCUT2D eigenvalue weighted by molar-refractivity contribution is 0.122. The normalized spacial score (nSPS) is 16.9. The van der Waals surface area contributed by atoms with E-state index in [9.17, 15) is 0 Å². The van der Waals surface area contributed by atoms with Crippen LogP contribution in [0.25, 0.3) is 22.2 Å². The third-order valence-corrected chi connectivity index (χ3v) is 7.31. The predicted molar refractivity (Wildman–Crippen MR) is 149 cm³/mol. The van der Waals surface area contributed by atoms with E-state index in [2.05, 4.69) is 45.3 Å². The molecule has 6 rings (SSSR count). The highest BCUT2D eigenvalue weighted by Crippen LogP contribution is 2.32. The van der Waals surface area contributed by atoms with Crippen molar-refractivity contribution in [2.24, 2.45) is 7.05 Å². The zero-order valence-electron chi connectivity index (χ0n) is 21.2. The van der Waals surface area contributed by atoms with Gasteiger partial charge < -0.3 is 24.8 Å².